The predicted molar refractivity (Wildman–Crippen MR) is 76.3 cm³/mol. The zero-order valence-corrected chi connectivity index (χ0v) is 11.4. The van der Waals surface area contributed by atoms with E-state index in [1.54, 1.807) is 18.2 Å². The molecule has 3 rings (SSSR count). The number of fused-ring (bicyclic) bond motifs is 1. The number of aliphatic hydroxyl groups excluding tert-OH is 1. The van der Waals surface area contributed by atoms with Crippen molar-refractivity contribution in [1.82, 2.24) is 15.2 Å². The number of nitrogens with zero attached hydrogens (tertiary/aromatic N) is 3. The maximum atomic E-state index is 9.13. The third kappa shape index (κ3) is 2.75. The molecule has 0 radical (unpaired) electrons. The molecule has 0 atom stereocenters. The first-order valence-corrected chi connectivity index (χ1v) is 6.35. The van der Waals surface area contributed by atoms with Crippen LogP contribution in [0.25, 0.3) is 11.0 Å². The minimum Gasteiger partial charge on any atom is -0.493 e. The highest BCUT2D eigenvalue weighted by atomic mass is 16.5. The summed E-state index contributed by atoms with van der Waals surface area (Å²) in [6.07, 6.45) is 0. The number of aromatic nitrogens is 3. The van der Waals surface area contributed by atoms with E-state index in [1.165, 1.54) is 7.11 Å². The van der Waals surface area contributed by atoms with E-state index in [-0.39, 0.29) is 12.6 Å². The van der Waals surface area contributed by atoms with Gasteiger partial charge in [-0.2, -0.15) is 4.98 Å². The van der Waals surface area contributed by atoms with E-state index in [4.69, 9.17) is 14.6 Å². The zero-order valence-electron chi connectivity index (χ0n) is 11.4. The molecule has 21 heavy (non-hydrogen) atoms. The largest absolute Gasteiger partial charge is 0.493 e. The van der Waals surface area contributed by atoms with Gasteiger partial charge in [0.25, 0.3) is 0 Å². The molecule has 106 valence electrons. The number of rotatable bonds is 4. The molecule has 0 saturated heterocycles. The third-order valence-electron chi connectivity index (χ3n) is 2.95. The van der Waals surface area contributed by atoms with Crippen LogP contribution >= 0.6 is 0 Å². The van der Waals surface area contributed by atoms with Gasteiger partial charge in [0.05, 0.1) is 19.2 Å². The van der Waals surface area contributed by atoms with E-state index < -0.39 is 0 Å². The Morgan fingerprint density at radius 1 is 1.00 bits per heavy atom. The molecule has 0 aliphatic carbocycles. The number of ether oxygens (including phenoxy) is 2. The summed E-state index contributed by atoms with van der Waals surface area (Å²) < 4.78 is 10.9. The molecule has 0 amide bonds. The summed E-state index contributed by atoms with van der Waals surface area (Å²) in [6.45, 7) is -0.0648. The van der Waals surface area contributed by atoms with Crippen molar-refractivity contribution in [1.29, 1.82) is 0 Å². The summed E-state index contributed by atoms with van der Waals surface area (Å²) in [5.74, 6) is 0.963. The summed E-state index contributed by atoms with van der Waals surface area (Å²) in [6, 6.07) is 12.7. The standard InChI is InChI=1S/C15H13N3O3/c1-20-14-8-10(9-19)6-7-13(14)21-15-16-11-4-2-3-5-12(11)17-18-15/h2-8,19H,9H2,1H3. The fourth-order valence-corrected chi connectivity index (χ4v) is 1.90. The van der Waals surface area contributed by atoms with Crippen LogP contribution in [0, 0.1) is 0 Å². The summed E-state index contributed by atoms with van der Waals surface area (Å²) in [5.41, 5.74) is 2.14. The molecule has 0 bridgehead atoms. The highest BCUT2D eigenvalue weighted by Gasteiger charge is 2.09. The van der Waals surface area contributed by atoms with Crippen molar-refractivity contribution < 1.29 is 14.6 Å². The Morgan fingerprint density at radius 2 is 1.81 bits per heavy atom. The Bertz CT molecular complexity index is 777. The summed E-state index contributed by atoms with van der Waals surface area (Å²) >= 11 is 0. The molecule has 1 aromatic heterocycles. The lowest BCUT2D eigenvalue weighted by molar-refractivity contribution is 0.280. The molecule has 0 spiro atoms. The van der Waals surface area contributed by atoms with E-state index in [0.29, 0.717) is 22.5 Å². The van der Waals surface area contributed by atoms with Gasteiger partial charge in [0, 0.05) is 0 Å². The summed E-state index contributed by atoms with van der Waals surface area (Å²) in [4.78, 5) is 4.29. The lowest BCUT2D eigenvalue weighted by Crippen LogP contribution is -1.97. The van der Waals surface area contributed by atoms with Gasteiger partial charge in [-0.3, -0.25) is 0 Å². The second-order valence-electron chi connectivity index (χ2n) is 4.33. The minimum absolute atomic E-state index is 0.0648. The van der Waals surface area contributed by atoms with Crippen molar-refractivity contribution in [3.63, 3.8) is 0 Å². The summed E-state index contributed by atoms with van der Waals surface area (Å²) in [5, 5.41) is 17.1. The summed E-state index contributed by atoms with van der Waals surface area (Å²) in [7, 11) is 1.53. The second kappa shape index (κ2) is 5.72. The van der Waals surface area contributed by atoms with Crippen LogP contribution in [0.1, 0.15) is 5.56 Å². The monoisotopic (exact) mass is 283 g/mol. The topological polar surface area (TPSA) is 77.4 Å². The first kappa shape index (κ1) is 13.3. The lowest BCUT2D eigenvalue weighted by atomic mass is 10.2. The molecular formula is C15H13N3O3. The van der Waals surface area contributed by atoms with Crippen LogP contribution in [-0.2, 0) is 6.61 Å². The Kier molecular flexibility index (Phi) is 3.61. The molecular weight excluding hydrogens is 270 g/mol. The van der Waals surface area contributed by atoms with Gasteiger partial charge in [0.15, 0.2) is 11.5 Å². The van der Waals surface area contributed by atoms with E-state index in [0.717, 1.165) is 5.56 Å². The number of hydrogen-bond donors (Lipinski definition) is 1. The average molecular weight is 283 g/mol. The van der Waals surface area contributed by atoms with E-state index >= 15 is 0 Å². The predicted octanol–water partition coefficient (Wildman–Crippen LogP) is 2.32. The molecule has 6 heteroatoms. The molecule has 3 aromatic rings. The molecule has 1 heterocycles. The molecule has 0 saturated carbocycles. The Balaban J connectivity index is 1.94. The smallest absolute Gasteiger partial charge is 0.341 e. The third-order valence-corrected chi connectivity index (χ3v) is 2.95. The van der Waals surface area contributed by atoms with Crippen molar-refractivity contribution in [3.05, 3.63) is 48.0 Å². The average Bonchev–Trinajstić information content (AvgIpc) is 2.55. The van der Waals surface area contributed by atoms with Crippen LogP contribution in [0.4, 0.5) is 0 Å². The number of aliphatic hydroxyl groups is 1. The minimum atomic E-state index is -0.0648. The van der Waals surface area contributed by atoms with Crippen LogP contribution < -0.4 is 9.47 Å². The van der Waals surface area contributed by atoms with Crippen molar-refractivity contribution in [2.75, 3.05) is 7.11 Å². The molecule has 1 N–H and O–H groups in total. The number of benzene rings is 2. The highest BCUT2D eigenvalue weighted by Crippen LogP contribution is 2.31. The Morgan fingerprint density at radius 3 is 2.57 bits per heavy atom. The van der Waals surface area contributed by atoms with Gasteiger partial charge in [0.2, 0.25) is 0 Å². The molecule has 2 aromatic carbocycles. The maximum absolute atomic E-state index is 9.13. The second-order valence-corrected chi connectivity index (χ2v) is 4.33. The van der Waals surface area contributed by atoms with Gasteiger partial charge in [-0.15, -0.1) is 5.10 Å². The molecule has 0 fully saturated rings. The van der Waals surface area contributed by atoms with Gasteiger partial charge in [0.1, 0.15) is 5.52 Å². The molecule has 0 aliphatic heterocycles. The first-order valence-electron chi connectivity index (χ1n) is 6.35. The zero-order chi connectivity index (χ0) is 14.7. The van der Waals surface area contributed by atoms with E-state index in [1.807, 2.05) is 24.3 Å². The number of hydrogen-bond acceptors (Lipinski definition) is 6. The first-order chi connectivity index (χ1) is 10.3. The van der Waals surface area contributed by atoms with Crippen LogP contribution in [-0.4, -0.2) is 27.4 Å². The van der Waals surface area contributed by atoms with E-state index in [2.05, 4.69) is 15.2 Å². The van der Waals surface area contributed by atoms with Crippen LogP contribution in [0.2, 0.25) is 0 Å². The van der Waals surface area contributed by atoms with Gasteiger partial charge in [-0.1, -0.05) is 23.3 Å². The molecule has 0 aliphatic rings. The van der Waals surface area contributed by atoms with Gasteiger partial charge in [-0.05, 0) is 29.8 Å². The molecule has 6 nitrogen and oxygen atoms in total. The lowest BCUT2D eigenvalue weighted by Gasteiger charge is -2.09. The SMILES string of the molecule is COc1cc(CO)ccc1Oc1nnc2ccccc2n1. The Hall–Kier alpha value is -2.73. The van der Waals surface area contributed by atoms with Crippen molar-refractivity contribution in [2.24, 2.45) is 0 Å². The van der Waals surface area contributed by atoms with Gasteiger partial charge < -0.3 is 14.6 Å². The number of para-hydroxylation sites is 1. The quantitative estimate of drug-likeness (QED) is 0.791. The van der Waals surface area contributed by atoms with Crippen LogP contribution in [0.15, 0.2) is 42.5 Å². The van der Waals surface area contributed by atoms with Gasteiger partial charge >= 0.3 is 6.01 Å². The normalized spacial score (nSPS) is 10.6. The fraction of sp³-hybridized carbons (Fsp3) is 0.133. The Labute approximate surface area is 121 Å². The fourth-order valence-electron chi connectivity index (χ4n) is 1.90. The number of methoxy groups -OCH3 is 1. The van der Waals surface area contributed by atoms with Crippen LogP contribution in [0.5, 0.6) is 17.5 Å². The molecule has 0 unspecified atom stereocenters. The van der Waals surface area contributed by atoms with Crippen molar-refractivity contribution in [2.45, 2.75) is 6.61 Å². The highest BCUT2D eigenvalue weighted by molar-refractivity contribution is 5.73. The van der Waals surface area contributed by atoms with Crippen LogP contribution in [0.3, 0.4) is 0 Å². The van der Waals surface area contributed by atoms with Crippen molar-refractivity contribution in [3.8, 4) is 17.5 Å². The maximum Gasteiger partial charge on any atom is 0.341 e. The van der Waals surface area contributed by atoms with Crippen molar-refractivity contribution >= 4 is 11.0 Å². The van der Waals surface area contributed by atoms with Gasteiger partial charge in [-0.25, -0.2) is 0 Å². The van der Waals surface area contributed by atoms with E-state index in [9.17, 15) is 0 Å².